The maximum atomic E-state index is 2.58. The Kier molecular flexibility index (Phi) is 4.63. The summed E-state index contributed by atoms with van der Waals surface area (Å²) in [5, 5.41) is 5.39. The van der Waals surface area contributed by atoms with Crippen molar-refractivity contribution in [3.8, 4) is 0 Å². The molecule has 5 aromatic carbocycles. The normalized spacial score (nSPS) is 14.2. The van der Waals surface area contributed by atoms with E-state index in [1.807, 2.05) is 0 Å². The maximum Gasteiger partial charge on any atom is 0.0474 e. The fourth-order valence-corrected chi connectivity index (χ4v) is 6.57. The first-order valence-electron chi connectivity index (χ1n) is 13.0. The molecular weight excluding hydrogens is 424 g/mol. The van der Waals surface area contributed by atoms with Crippen molar-refractivity contribution in [3.63, 3.8) is 0 Å². The van der Waals surface area contributed by atoms with Crippen molar-refractivity contribution in [2.45, 2.75) is 32.6 Å². The largest absolute Gasteiger partial charge is 0.341 e. The van der Waals surface area contributed by atoms with E-state index in [9.17, 15) is 0 Å². The standard InChI is InChI=1S/C33H30N2/c1-3-20-34-26-14-9-15-27-32(26)33(30-24-12-7-5-10-22(24)16-18-28(30)34)31-25-13-8-6-11-23(25)17-19-29(31)35(27)21-4-2/h5-19,33H,3-4,20-21H2,1-2H3. The molecule has 172 valence electrons. The molecule has 7 rings (SSSR count). The van der Waals surface area contributed by atoms with E-state index in [4.69, 9.17) is 0 Å². The number of rotatable bonds is 4. The molecule has 0 atom stereocenters. The highest BCUT2D eigenvalue weighted by molar-refractivity contribution is 6.03. The number of hydrogen-bond donors (Lipinski definition) is 0. The molecule has 2 heteroatoms. The molecule has 0 fully saturated rings. The summed E-state index contributed by atoms with van der Waals surface area (Å²) in [5.74, 6) is 0.213. The summed E-state index contributed by atoms with van der Waals surface area (Å²) in [6, 6.07) is 34.2. The van der Waals surface area contributed by atoms with Crippen molar-refractivity contribution in [3.05, 3.63) is 108 Å². The molecule has 2 aliphatic heterocycles. The Labute approximate surface area is 207 Å². The molecule has 0 spiro atoms. The van der Waals surface area contributed by atoms with Crippen molar-refractivity contribution < 1.29 is 0 Å². The van der Waals surface area contributed by atoms with Gasteiger partial charge >= 0.3 is 0 Å². The molecule has 0 N–H and O–H groups in total. The van der Waals surface area contributed by atoms with Crippen LogP contribution in [0.15, 0.2) is 91.0 Å². The SMILES string of the molecule is CCCN1c2cccc3c2C(c2c1ccc1ccccc21)c1c(ccc2ccccc12)N3CCC. The van der Waals surface area contributed by atoms with Crippen molar-refractivity contribution >= 4 is 44.3 Å². The lowest BCUT2D eigenvalue weighted by atomic mass is 9.73. The van der Waals surface area contributed by atoms with Crippen LogP contribution in [0.25, 0.3) is 21.5 Å². The predicted octanol–water partition coefficient (Wildman–Crippen LogP) is 8.90. The minimum absolute atomic E-state index is 0.213. The van der Waals surface area contributed by atoms with Gasteiger partial charge in [0.05, 0.1) is 0 Å². The summed E-state index contributed by atoms with van der Waals surface area (Å²) < 4.78 is 0. The van der Waals surface area contributed by atoms with E-state index in [2.05, 4.69) is 115 Å². The Hall–Kier alpha value is -3.78. The Morgan fingerprint density at radius 1 is 0.486 bits per heavy atom. The van der Waals surface area contributed by atoms with Crippen LogP contribution in [-0.2, 0) is 0 Å². The number of anilines is 4. The smallest absolute Gasteiger partial charge is 0.0474 e. The first-order chi connectivity index (χ1) is 17.3. The first-order valence-corrected chi connectivity index (χ1v) is 13.0. The molecule has 0 radical (unpaired) electrons. The topological polar surface area (TPSA) is 6.48 Å². The number of hydrogen-bond acceptors (Lipinski definition) is 2. The van der Waals surface area contributed by atoms with Crippen LogP contribution < -0.4 is 9.80 Å². The lowest BCUT2D eigenvalue weighted by Gasteiger charge is -2.46. The van der Waals surface area contributed by atoms with Crippen molar-refractivity contribution in [1.82, 2.24) is 0 Å². The lowest BCUT2D eigenvalue weighted by molar-refractivity contribution is 0.807. The minimum atomic E-state index is 0.213. The Balaban J connectivity index is 1.66. The summed E-state index contributed by atoms with van der Waals surface area (Å²) in [5.41, 5.74) is 9.87. The van der Waals surface area contributed by atoms with Crippen LogP contribution in [0.2, 0.25) is 0 Å². The van der Waals surface area contributed by atoms with Gasteiger partial charge in [0.25, 0.3) is 0 Å². The predicted molar refractivity (Wildman–Crippen MR) is 150 cm³/mol. The Morgan fingerprint density at radius 2 is 0.943 bits per heavy atom. The van der Waals surface area contributed by atoms with Gasteiger partial charge in [-0.2, -0.15) is 0 Å². The van der Waals surface area contributed by atoms with Gasteiger partial charge in [0.2, 0.25) is 0 Å². The van der Waals surface area contributed by atoms with Crippen LogP contribution in [-0.4, -0.2) is 13.1 Å². The van der Waals surface area contributed by atoms with Crippen molar-refractivity contribution in [2.24, 2.45) is 0 Å². The molecule has 0 saturated heterocycles. The highest BCUT2D eigenvalue weighted by Gasteiger charge is 2.41. The monoisotopic (exact) mass is 454 g/mol. The third-order valence-corrected chi connectivity index (χ3v) is 7.88. The van der Waals surface area contributed by atoms with E-state index in [0.29, 0.717) is 0 Å². The zero-order valence-electron chi connectivity index (χ0n) is 20.5. The molecule has 2 nitrogen and oxygen atoms in total. The zero-order chi connectivity index (χ0) is 23.5. The molecule has 5 aromatic rings. The Bertz CT molecular complexity index is 1480. The minimum Gasteiger partial charge on any atom is -0.341 e. The average Bonchev–Trinajstić information content (AvgIpc) is 2.91. The van der Waals surface area contributed by atoms with Crippen LogP contribution >= 0.6 is 0 Å². The molecular formula is C33H30N2. The van der Waals surface area contributed by atoms with E-state index >= 15 is 0 Å². The van der Waals surface area contributed by atoms with Gasteiger partial charge in [0.1, 0.15) is 0 Å². The lowest BCUT2D eigenvalue weighted by Crippen LogP contribution is -2.33. The molecule has 0 unspecified atom stereocenters. The summed E-state index contributed by atoms with van der Waals surface area (Å²) in [6.45, 7) is 6.61. The third kappa shape index (κ3) is 2.83. The van der Waals surface area contributed by atoms with E-state index in [1.165, 1.54) is 61.0 Å². The first kappa shape index (κ1) is 20.6. The number of nitrogens with zero attached hydrogens (tertiary/aromatic N) is 2. The van der Waals surface area contributed by atoms with Gasteiger partial charge in [-0.05, 0) is 69.8 Å². The molecule has 0 bridgehead atoms. The molecule has 0 amide bonds. The van der Waals surface area contributed by atoms with E-state index in [-0.39, 0.29) is 5.92 Å². The maximum absolute atomic E-state index is 2.58. The van der Waals surface area contributed by atoms with Crippen LogP contribution in [0.5, 0.6) is 0 Å². The van der Waals surface area contributed by atoms with Crippen LogP contribution in [0, 0.1) is 0 Å². The van der Waals surface area contributed by atoms with Gasteiger partial charge < -0.3 is 9.80 Å². The van der Waals surface area contributed by atoms with Crippen molar-refractivity contribution in [1.29, 1.82) is 0 Å². The molecule has 2 aliphatic rings. The summed E-state index contributed by atoms with van der Waals surface area (Å²) in [7, 11) is 0. The highest BCUT2D eigenvalue weighted by atomic mass is 15.2. The van der Waals surface area contributed by atoms with Gasteiger partial charge in [0, 0.05) is 47.3 Å². The van der Waals surface area contributed by atoms with Gasteiger partial charge in [-0.1, -0.05) is 80.6 Å². The van der Waals surface area contributed by atoms with Gasteiger partial charge in [0.15, 0.2) is 0 Å². The summed E-state index contributed by atoms with van der Waals surface area (Å²) in [6.07, 6.45) is 2.22. The second kappa shape index (κ2) is 7.88. The summed E-state index contributed by atoms with van der Waals surface area (Å²) >= 11 is 0. The van der Waals surface area contributed by atoms with E-state index in [0.717, 1.165) is 25.9 Å². The number of fused-ring (bicyclic) bond motifs is 8. The quantitative estimate of drug-likeness (QED) is 0.267. The molecule has 0 aromatic heterocycles. The van der Waals surface area contributed by atoms with Gasteiger partial charge in [-0.25, -0.2) is 0 Å². The molecule has 2 heterocycles. The molecule has 0 saturated carbocycles. The van der Waals surface area contributed by atoms with E-state index in [1.54, 1.807) is 0 Å². The third-order valence-electron chi connectivity index (χ3n) is 7.88. The van der Waals surface area contributed by atoms with E-state index < -0.39 is 0 Å². The highest BCUT2D eigenvalue weighted by Crippen LogP contribution is 2.59. The van der Waals surface area contributed by atoms with Crippen LogP contribution in [0.1, 0.15) is 49.3 Å². The second-order valence-electron chi connectivity index (χ2n) is 9.89. The molecule has 35 heavy (non-hydrogen) atoms. The second-order valence-corrected chi connectivity index (χ2v) is 9.89. The van der Waals surface area contributed by atoms with Gasteiger partial charge in [-0.3, -0.25) is 0 Å². The van der Waals surface area contributed by atoms with Gasteiger partial charge in [-0.15, -0.1) is 0 Å². The van der Waals surface area contributed by atoms with Crippen LogP contribution in [0.4, 0.5) is 22.7 Å². The fraction of sp³-hybridized carbons (Fsp3) is 0.212. The number of benzene rings is 5. The van der Waals surface area contributed by atoms with Crippen molar-refractivity contribution in [2.75, 3.05) is 22.9 Å². The zero-order valence-corrected chi connectivity index (χ0v) is 20.5. The summed E-state index contributed by atoms with van der Waals surface area (Å²) in [4.78, 5) is 5.16. The Morgan fingerprint density at radius 3 is 1.43 bits per heavy atom. The molecule has 0 aliphatic carbocycles. The van der Waals surface area contributed by atoms with Crippen LogP contribution in [0.3, 0.4) is 0 Å². The fourth-order valence-electron chi connectivity index (χ4n) is 6.57. The average molecular weight is 455 g/mol.